The number of carbonyl (C=O) groups is 1. The van der Waals surface area contributed by atoms with E-state index >= 15 is 0 Å². The van der Waals surface area contributed by atoms with Crippen LogP contribution in [-0.2, 0) is 16.3 Å². The van der Waals surface area contributed by atoms with Gasteiger partial charge in [-0.25, -0.2) is 15.0 Å². The third-order valence-corrected chi connectivity index (χ3v) is 8.64. The van der Waals surface area contributed by atoms with Crippen molar-refractivity contribution in [3.05, 3.63) is 36.8 Å². The van der Waals surface area contributed by atoms with Crippen molar-refractivity contribution in [2.24, 2.45) is 23.2 Å². The van der Waals surface area contributed by atoms with Crippen LogP contribution in [-0.4, -0.2) is 56.6 Å². The summed E-state index contributed by atoms with van der Waals surface area (Å²) in [5, 5.41) is 3.51. The summed E-state index contributed by atoms with van der Waals surface area (Å²) < 4.78 is 8.00. The summed E-state index contributed by atoms with van der Waals surface area (Å²) in [6.07, 6.45) is 9.26. The Balaban J connectivity index is 1.19. The Morgan fingerprint density at radius 2 is 2.11 bits per heavy atom. The molecule has 3 unspecified atom stereocenters. The van der Waals surface area contributed by atoms with Crippen molar-refractivity contribution in [1.29, 1.82) is 0 Å². The van der Waals surface area contributed by atoms with Gasteiger partial charge in [-0.2, -0.15) is 0 Å². The Morgan fingerprint density at radius 1 is 1.27 bits per heavy atom. The number of pyridine rings is 1. The lowest BCUT2D eigenvalue weighted by atomic mass is 10.1. The molecule has 3 aromatic rings. The smallest absolute Gasteiger partial charge is 0.222 e. The van der Waals surface area contributed by atoms with Gasteiger partial charge in [-0.05, 0) is 60.6 Å². The van der Waals surface area contributed by atoms with Crippen LogP contribution in [0.25, 0.3) is 22.4 Å². The average molecular weight is 505 g/mol. The molecule has 1 N–H and O–H groups in total. The van der Waals surface area contributed by atoms with Crippen molar-refractivity contribution >= 4 is 22.9 Å². The second-order valence-electron chi connectivity index (χ2n) is 11.3. The van der Waals surface area contributed by atoms with E-state index in [1.54, 1.807) is 6.20 Å². The summed E-state index contributed by atoms with van der Waals surface area (Å²) in [6.45, 7) is 12.8. The van der Waals surface area contributed by atoms with Crippen LogP contribution in [0, 0.1) is 23.2 Å². The molecule has 3 atom stereocenters. The standard InChI is InChI=1S/C29H40N6O2/c1-5-7-26(36)34-13-9-21(18-34)16-31-27-22(8-6-12-30-27)25-17-32-28-24(33-25)10-14-35(28)19-37-15-11-23-20(2)29(23,3)4/h6,8,10,12,14,17,20-21,23H,5,7,9,11,13,15-16,18-19H2,1-4H3,(H,30,31). The number of ether oxygens (including phenoxy) is 1. The summed E-state index contributed by atoms with van der Waals surface area (Å²) >= 11 is 0. The summed E-state index contributed by atoms with van der Waals surface area (Å²) in [5.41, 5.74) is 3.84. The second kappa shape index (κ2) is 10.8. The van der Waals surface area contributed by atoms with E-state index in [0.717, 1.165) is 85.6 Å². The van der Waals surface area contributed by atoms with Crippen LogP contribution >= 0.6 is 0 Å². The molecule has 5 rings (SSSR count). The van der Waals surface area contributed by atoms with Crippen LogP contribution in [0.5, 0.6) is 0 Å². The number of rotatable bonds is 11. The van der Waals surface area contributed by atoms with Gasteiger partial charge < -0.3 is 19.5 Å². The first kappa shape index (κ1) is 25.6. The molecule has 4 heterocycles. The van der Waals surface area contributed by atoms with Crippen LogP contribution in [0.1, 0.15) is 53.4 Å². The number of amides is 1. The molecule has 1 saturated heterocycles. The largest absolute Gasteiger partial charge is 0.369 e. The van der Waals surface area contributed by atoms with Gasteiger partial charge in [0.05, 0.1) is 11.9 Å². The normalized spacial score (nSPS) is 22.5. The SMILES string of the molecule is CCCC(=O)N1CCC(CNc2ncccc2-c2cnc3c(ccn3COCCC3C(C)C3(C)C)n2)C1. The zero-order valence-electron chi connectivity index (χ0n) is 22.6. The molecule has 8 nitrogen and oxygen atoms in total. The molecule has 8 heteroatoms. The predicted molar refractivity (Wildman–Crippen MR) is 146 cm³/mol. The number of hydrogen-bond acceptors (Lipinski definition) is 6. The summed E-state index contributed by atoms with van der Waals surface area (Å²) in [4.78, 5) is 28.4. The van der Waals surface area contributed by atoms with Gasteiger partial charge in [-0.1, -0.05) is 27.7 Å². The van der Waals surface area contributed by atoms with E-state index < -0.39 is 0 Å². The first-order chi connectivity index (χ1) is 17.9. The minimum Gasteiger partial charge on any atom is -0.369 e. The lowest BCUT2D eigenvalue weighted by molar-refractivity contribution is -0.130. The van der Waals surface area contributed by atoms with E-state index in [2.05, 4.69) is 38.0 Å². The maximum absolute atomic E-state index is 12.2. The molecule has 1 amide bonds. The third kappa shape index (κ3) is 5.49. The van der Waals surface area contributed by atoms with Crippen LogP contribution in [0.15, 0.2) is 36.8 Å². The van der Waals surface area contributed by atoms with Crippen molar-refractivity contribution in [3.8, 4) is 11.3 Å². The van der Waals surface area contributed by atoms with E-state index in [9.17, 15) is 4.79 Å². The highest BCUT2D eigenvalue weighted by molar-refractivity contribution is 5.78. The van der Waals surface area contributed by atoms with E-state index in [1.165, 1.54) is 0 Å². The van der Waals surface area contributed by atoms with Crippen molar-refractivity contribution in [2.75, 3.05) is 31.6 Å². The van der Waals surface area contributed by atoms with Gasteiger partial charge in [0, 0.05) is 50.6 Å². The van der Waals surface area contributed by atoms with Gasteiger partial charge in [0.2, 0.25) is 5.91 Å². The van der Waals surface area contributed by atoms with Crippen molar-refractivity contribution in [1.82, 2.24) is 24.4 Å². The number of likely N-dealkylation sites (tertiary alicyclic amines) is 1. The maximum Gasteiger partial charge on any atom is 0.222 e. The second-order valence-corrected chi connectivity index (χ2v) is 11.3. The fourth-order valence-electron chi connectivity index (χ4n) is 5.80. The van der Waals surface area contributed by atoms with Crippen LogP contribution in [0.2, 0.25) is 0 Å². The predicted octanol–water partition coefficient (Wildman–Crippen LogP) is 5.21. The van der Waals surface area contributed by atoms with Gasteiger partial charge in [-0.3, -0.25) is 4.79 Å². The summed E-state index contributed by atoms with van der Waals surface area (Å²) in [7, 11) is 0. The van der Waals surface area contributed by atoms with Gasteiger partial charge in [0.1, 0.15) is 18.1 Å². The fraction of sp³-hybridized carbons (Fsp3) is 0.586. The molecular weight excluding hydrogens is 464 g/mol. The fourth-order valence-corrected chi connectivity index (χ4v) is 5.80. The van der Waals surface area contributed by atoms with Crippen LogP contribution in [0.3, 0.4) is 0 Å². The minimum atomic E-state index is 0.269. The number of nitrogens with zero attached hydrogens (tertiary/aromatic N) is 5. The Morgan fingerprint density at radius 3 is 2.89 bits per heavy atom. The molecule has 0 spiro atoms. The summed E-state index contributed by atoms with van der Waals surface area (Å²) in [6, 6.07) is 5.94. The lowest BCUT2D eigenvalue weighted by Crippen LogP contribution is -2.29. The van der Waals surface area contributed by atoms with E-state index in [0.29, 0.717) is 24.5 Å². The van der Waals surface area contributed by atoms with Crippen molar-refractivity contribution in [2.45, 2.75) is 60.1 Å². The highest BCUT2D eigenvalue weighted by Gasteiger charge is 2.53. The Labute approximate surface area is 219 Å². The molecular formula is C29H40N6O2. The van der Waals surface area contributed by atoms with Crippen LogP contribution in [0.4, 0.5) is 5.82 Å². The molecule has 0 radical (unpaired) electrons. The Kier molecular flexibility index (Phi) is 7.47. The maximum atomic E-state index is 12.2. The quantitative estimate of drug-likeness (QED) is 0.361. The van der Waals surface area contributed by atoms with E-state index in [-0.39, 0.29) is 5.91 Å². The summed E-state index contributed by atoms with van der Waals surface area (Å²) in [5.74, 6) is 3.03. The molecule has 37 heavy (non-hydrogen) atoms. The molecule has 198 valence electrons. The minimum absolute atomic E-state index is 0.269. The molecule has 0 aromatic carbocycles. The molecule has 1 saturated carbocycles. The highest BCUT2D eigenvalue weighted by atomic mass is 16.5. The molecule has 1 aliphatic heterocycles. The highest BCUT2D eigenvalue weighted by Crippen LogP contribution is 2.59. The van der Waals surface area contributed by atoms with Gasteiger partial charge >= 0.3 is 0 Å². The zero-order chi connectivity index (χ0) is 26.0. The number of hydrogen-bond donors (Lipinski definition) is 1. The monoisotopic (exact) mass is 504 g/mol. The van der Waals surface area contributed by atoms with Crippen molar-refractivity contribution in [3.63, 3.8) is 0 Å². The number of anilines is 1. The van der Waals surface area contributed by atoms with Gasteiger partial charge in [-0.15, -0.1) is 0 Å². The lowest BCUT2D eigenvalue weighted by Gasteiger charge is -2.17. The average Bonchev–Trinajstić information content (AvgIpc) is 3.32. The first-order valence-electron chi connectivity index (χ1n) is 13.7. The van der Waals surface area contributed by atoms with Crippen LogP contribution < -0.4 is 5.32 Å². The van der Waals surface area contributed by atoms with Gasteiger partial charge in [0.15, 0.2) is 5.65 Å². The van der Waals surface area contributed by atoms with Crippen molar-refractivity contribution < 1.29 is 9.53 Å². The van der Waals surface area contributed by atoms with E-state index in [1.807, 2.05) is 40.1 Å². The first-order valence-corrected chi connectivity index (χ1v) is 13.7. The molecule has 2 aliphatic rings. The number of aromatic nitrogens is 4. The molecule has 3 aromatic heterocycles. The number of nitrogens with one attached hydrogen (secondary N) is 1. The van der Waals surface area contributed by atoms with Gasteiger partial charge in [0.25, 0.3) is 0 Å². The van der Waals surface area contributed by atoms with E-state index in [4.69, 9.17) is 14.7 Å². The molecule has 1 aliphatic carbocycles. The number of fused-ring (bicyclic) bond motifs is 1. The Bertz CT molecular complexity index is 1240. The molecule has 0 bridgehead atoms. The molecule has 2 fully saturated rings. The third-order valence-electron chi connectivity index (χ3n) is 8.64. The zero-order valence-corrected chi connectivity index (χ0v) is 22.6. The Hall–Kier alpha value is -3.00. The number of carbonyl (C=O) groups excluding carboxylic acids is 1. The topological polar surface area (TPSA) is 85.2 Å².